The molecule has 1 aromatic rings. The monoisotopic (exact) mass is 224 g/mol. The highest BCUT2D eigenvalue weighted by Crippen LogP contribution is 2.37. The molecule has 0 radical (unpaired) electrons. The minimum absolute atomic E-state index is 0.320. The van der Waals surface area contributed by atoms with Crippen LogP contribution in [0.3, 0.4) is 0 Å². The first-order chi connectivity index (χ1) is 7.74. The smallest absolute Gasteiger partial charge is 0.271 e. The Labute approximate surface area is 93.8 Å². The van der Waals surface area contributed by atoms with Gasteiger partial charge >= 0.3 is 0 Å². The number of carbonyl (C=O) groups is 1. The molecule has 2 rings (SSSR count). The molecule has 6 heteroatoms. The zero-order chi connectivity index (χ0) is 11.5. The van der Waals surface area contributed by atoms with Gasteiger partial charge in [0.2, 0.25) is 0 Å². The predicted molar refractivity (Wildman–Crippen MR) is 57.0 cm³/mol. The molecule has 1 amide bonds. The molecule has 1 aliphatic rings. The molecule has 1 heterocycles. The molecule has 0 unspecified atom stereocenters. The van der Waals surface area contributed by atoms with Gasteiger partial charge in [0.15, 0.2) is 5.69 Å². The number of nitrogens with two attached hydrogens (primary N) is 1. The fraction of sp³-hybridized carbons (Fsp3) is 0.700. The third-order valence-corrected chi connectivity index (χ3v) is 3.01. The highest BCUT2D eigenvalue weighted by Gasteiger charge is 2.29. The van der Waals surface area contributed by atoms with Gasteiger partial charge < -0.3 is 10.5 Å². The largest absolute Gasteiger partial charge is 0.383 e. The van der Waals surface area contributed by atoms with Gasteiger partial charge in [-0.05, 0) is 12.8 Å². The Morgan fingerprint density at radius 2 is 2.38 bits per heavy atom. The molecule has 0 saturated heterocycles. The second-order valence-electron chi connectivity index (χ2n) is 4.03. The second-order valence-corrected chi connectivity index (χ2v) is 4.03. The molecule has 1 aliphatic carbocycles. The Hall–Kier alpha value is -1.43. The maximum atomic E-state index is 11.2. The molecule has 0 bridgehead atoms. The van der Waals surface area contributed by atoms with E-state index in [0.29, 0.717) is 24.8 Å². The van der Waals surface area contributed by atoms with Gasteiger partial charge in [0.05, 0.1) is 18.8 Å². The van der Waals surface area contributed by atoms with Crippen LogP contribution in [0.15, 0.2) is 0 Å². The standard InChI is InChI=1S/C10H16N4O2/c1-16-6-5-14-9(7-3-2-4-7)8(10(11)15)12-13-14/h7H,2-6H2,1H3,(H2,11,15). The van der Waals surface area contributed by atoms with Gasteiger partial charge in [-0.25, -0.2) is 4.68 Å². The van der Waals surface area contributed by atoms with Crippen molar-refractivity contribution in [2.75, 3.05) is 13.7 Å². The lowest BCUT2D eigenvalue weighted by atomic mass is 9.82. The first-order valence-corrected chi connectivity index (χ1v) is 5.46. The van der Waals surface area contributed by atoms with E-state index in [4.69, 9.17) is 10.5 Å². The van der Waals surface area contributed by atoms with E-state index in [0.717, 1.165) is 18.5 Å². The number of rotatable bonds is 5. The van der Waals surface area contributed by atoms with Crippen molar-refractivity contribution in [3.8, 4) is 0 Å². The third-order valence-electron chi connectivity index (χ3n) is 3.01. The Morgan fingerprint density at radius 1 is 1.62 bits per heavy atom. The van der Waals surface area contributed by atoms with E-state index in [1.807, 2.05) is 0 Å². The number of ether oxygens (including phenoxy) is 1. The number of nitrogens with zero attached hydrogens (tertiary/aromatic N) is 3. The van der Waals surface area contributed by atoms with E-state index in [1.54, 1.807) is 11.8 Å². The molecule has 0 aromatic carbocycles. The summed E-state index contributed by atoms with van der Waals surface area (Å²) in [5.74, 6) is -0.111. The molecule has 1 saturated carbocycles. The third kappa shape index (κ3) is 1.92. The number of aromatic nitrogens is 3. The van der Waals surface area contributed by atoms with E-state index >= 15 is 0 Å². The topological polar surface area (TPSA) is 83.0 Å². The van der Waals surface area contributed by atoms with Gasteiger partial charge in [-0.2, -0.15) is 0 Å². The van der Waals surface area contributed by atoms with Crippen molar-refractivity contribution in [1.29, 1.82) is 0 Å². The summed E-state index contributed by atoms with van der Waals surface area (Å²) < 4.78 is 6.74. The van der Waals surface area contributed by atoms with Gasteiger partial charge in [-0.1, -0.05) is 11.6 Å². The van der Waals surface area contributed by atoms with Crippen LogP contribution in [0.2, 0.25) is 0 Å². The molecule has 1 aromatic heterocycles. The second kappa shape index (κ2) is 4.61. The van der Waals surface area contributed by atoms with Crippen LogP contribution in [0.25, 0.3) is 0 Å². The Kier molecular flexibility index (Phi) is 3.19. The van der Waals surface area contributed by atoms with Crippen molar-refractivity contribution < 1.29 is 9.53 Å². The Balaban J connectivity index is 2.25. The van der Waals surface area contributed by atoms with Crippen LogP contribution in [0.4, 0.5) is 0 Å². The number of primary amides is 1. The van der Waals surface area contributed by atoms with Crippen molar-refractivity contribution in [3.05, 3.63) is 11.4 Å². The summed E-state index contributed by atoms with van der Waals surface area (Å²) in [7, 11) is 1.63. The number of hydrogen-bond acceptors (Lipinski definition) is 4. The van der Waals surface area contributed by atoms with Crippen LogP contribution in [-0.4, -0.2) is 34.6 Å². The molecular weight excluding hydrogens is 208 g/mol. The van der Waals surface area contributed by atoms with Crippen LogP contribution in [0.1, 0.15) is 41.4 Å². The zero-order valence-electron chi connectivity index (χ0n) is 9.35. The van der Waals surface area contributed by atoms with Gasteiger partial charge in [0.1, 0.15) is 0 Å². The van der Waals surface area contributed by atoms with Crippen molar-refractivity contribution in [2.45, 2.75) is 31.7 Å². The van der Waals surface area contributed by atoms with Crippen LogP contribution >= 0.6 is 0 Å². The van der Waals surface area contributed by atoms with Gasteiger partial charge in [0, 0.05) is 13.0 Å². The maximum absolute atomic E-state index is 11.2. The quantitative estimate of drug-likeness (QED) is 0.779. The van der Waals surface area contributed by atoms with Crippen molar-refractivity contribution in [1.82, 2.24) is 15.0 Å². The molecule has 0 spiro atoms. The first-order valence-electron chi connectivity index (χ1n) is 5.46. The molecule has 0 atom stereocenters. The fourth-order valence-corrected chi connectivity index (χ4v) is 1.92. The van der Waals surface area contributed by atoms with Crippen molar-refractivity contribution in [3.63, 3.8) is 0 Å². The van der Waals surface area contributed by atoms with Crippen LogP contribution in [0, 0.1) is 0 Å². The van der Waals surface area contributed by atoms with Crippen LogP contribution < -0.4 is 5.73 Å². The van der Waals surface area contributed by atoms with E-state index < -0.39 is 5.91 Å². The lowest BCUT2D eigenvalue weighted by Gasteiger charge is -2.26. The summed E-state index contributed by atoms with van der Waals surface area (Å²) in [6.07, 6.45) is 3.36. The first kappa shape index (κ1) is 11.1. The molecule has 1 fully saturated rings. The van der Waals surface area contributed by atoms with Gasteiger partial charge in [-0.15, -0.1) is 5.10 Å². The van der Waals surface area contributed by atoms with E-state index in [2.05, 4.69) is 10.3 Å². The number of hydrogen-bond donors (Lipinski definition) is 1. The summed E-state index contributed by atoms with van der Waals surface area (Å²) in [6.45, 7) is 1.17. The van der Waals surface area contributed by atoms with Crippen molar-refractivity contribution >= 4 is 5.91 Å². The molecule has 16 heavy (non-hydrogen) atoms. The summed E-state index contributed by atoms with van der Waals surface area (Å²) in [5.41, 5.74) is 6.49. The minimum Gasteiger partial charge on any atom is -0.383 e. The Bertz CT molecular complexity index is 384. The fourth-order valence-electron chi connectivity index (χ4n) is 1.92. The van der Waals surface area contributed by atoms with Gasteiger partial charge in [0.25, 0.3) is 5.91 Å². The Morgan fingerprint density at radius 3 is 2.88 bits per heavy atom. The minimum atomic E-state index is -0.495. The lowest BCUT2D eigenvalue weighted by Crippen LogP contribution is -2.22. The number of methoxy groups -OCH3 is 1. The van der Waals surface area contributed by atoms with Crippen molar-refractivity contribution in [2.24, 2.45) is 5.73 Å². The normalized spacial score (nSPS) is 16.1. The average molecular weight is 224 g/mol. The highest BCUT2D eigenvalue weighted by atomic mass is 16.5. The predicted octanol–water partition coefficient (Wildman–Crippen LogP) is 0.291. The summed E-state index contributed by atoms with van der Waals surface area (Å²) in [5, 5.41) is 7.82. The molecule has 0 aliphatic heterocycles. The van der Waals surface area contributed by atoms with E-state index in [1.165, 1.54) is 6.42 Å². The van der Waals surface area contributed by atoms with Crippen LogP contribution in [0.5, 0.6) is 0 Å². The lowest BCUT2D eigenvalue weighted by molar-refractivity contribution is 0.0993. The molecule has 88 valence electrons. The highest BCUT2D eigenvalue weighted by molar-refractivity contribution is 5.92. The summed E-state index contributed by atoms with van der Waals surface area (Å²) in [6, 6.07) is 0. The van der Waals surface area contributed by atoms with Crippen LogP contribution in [-0.2, 0) is 11.3 Å². The molecule has 2 N–H and O–H groups in total. The maximum Gasteiger partial charge on any atom is 0.271 e. The van der Waals surface area contributed by atoms with E-state index in [9.17, 15) is 4.79 Å². The SMILES string of the molecule is COCCn1nnc(C(N)=O)c1C1CCC1. The zero-order valence-corrected chi connectivity index (χ0v) is 9.35. The molecular formula is C10H16N4O2. The average Bonchev–Trinajstić information content (AvgIpc) is 2.56. The number of amides is 1. The molecule has 6 nitrogen and oxygen atoms in total. The van der Waals surface area contributed by atoms with Gasteiger partial charge in [-0.3, -0.25) is 4.79 Å². The number of carbonyl (C=O) groups excluding carboxylic acids is 1. The summed E-state index contributed by atoms with van der Waals surface area (Å²) in [4.78, 5) is 11.2. The van der Waals surface area contributed by atoms with E-state index in [-0.39, 0.29) is 0 Å². The summed E-state index contributed by atoms with van der Waals surface area (Å²) >= 11 is 0.